The normalized spacial score (nSPS) is 10.9. The smallest absolute Gasteiger partial charge is 0.125 e. The minimum Gasteiger partial charge on any atom is -0.392 e. The molecule has 0 heterocycles. The van der Waals surface area contributed by atoms with Crippen molar-refractivity contribution in [2.75, 3.05) is 18.0 Å². The van der Waals surface area contributed by atoms with Crippen LogP contribution in [0.15, 0.2) is 18.2 Å². The van der Waals surface area contributed by atoms with Gasteiger partial charge in [-0.3, -0.25) is 0 Å². The summed E-state index contributed by atoms with van der Waals surface area (Å²) in [4.78, 5) is 2.12. The van der Waals surface area contributed by atoms with E-state index in [0.29, 0.717) is 11.5 Å². The highest BCUT2D eigenvalue weighted by Crippen LogP contribution is 2.19. The molecule has 0 aliphatic carbocycles. The Bertz CT molecular complexity index is 339. The lowest BCUT2D eigenvalue weighted by molar-refractivity contribution is 0.281. The second-order valence-electron chi connectivity index (χ2n) is 4.41. The molecular formula is C13H20FNO. The van der Waals surface area contributed by atoms with Gasteiger partial charge in [-0.25, -0.2) is 4.39 Å². The van der Waals surface area contributed by atoms with E-state index >= 15 is 0 Å². The van der Waals surface area contributed by atoms with Gasteiger partial charge in [-0.1, -0.05) is 13.8 Å². The quantitative estimate of drug-likeness (QED) is 0.833. The summed E-state index contributed by atoms with van der Waals surface area (Å²) >= 11 is 0. The number of halogens is 1. The molecular weight excluding hydrogens is 205 g/mol. The molecule has 0 saturated carbocycles. The lowest BCUT2D eigenvalue weighted by atomic mass is 10.1. The van der Waals surface area contributed by atoms with Gasteiger partial charge in [-0.2, -0.15) is 0 Å². The van der Waals surface area contributed by atoms with Crippen LogP contribution in [0.3, 0.4) is 0 Å². The molecule has 0 fully saturated rings. The van der Waals surface area contributed by atoms with Gasteiger partial charge >= 0.3 is 0 Å². The van der Waals surface area contributed by atoms with Crippen molar-refractivity contribution in [2.45, 2.75) is 27.4 Å². The summed E-state index contributed by atoms with van der Waals surface area (Å²) in [7, 11) is 0. The average Bonchev–Trinajstić information content (AvgIpc) is 2.24. The molecule has 0 aliphatic heterocycles. The van der Waals surface area contributed by atoms with Crippen molar-refractivity contribution in [1.29, 1.82) is 0 Å². The minimum atomic E-state index is -0.288. The van der Waals surface area contributed by atoms with E-state index in [0.717, 1.165) is 18.8 Å². The molecule has 0 aromatic heterocycles. The lowest BCUT2D eigenvalue weighted by Crippen LogP contribution is -2.27. The van der Waals surface area contributed by atoms with Crippen LogP contribution in [-0.4, -0.2) is 18.2 Å². The Morgan fingerprint density at radius 1 is 1.31 bits per heavy atom. The van der Waals surface area contributed by atoms with E-state index < -0.39 is 0 Å². The fourth-order valence-corrected chi connectivity index (χ4v) is 1.77. The summed E-state index contributed by atoms with van der Waals surface area (Å²) in [6.07, 6.45) is 0. The second-order valence-corrected chi connectivity index (χ2v) is 4.41. The van der Waals surface area contributed by atoms with Crippen LogP contribution in [-0.2, 0) is 6.61 Å². The summed E-state index contributed by atoms with van der Waals surface area (Å²) in [6.45, 7) is 7.93. The summed E-state index contributed by atoms with van der Waals surface area (Å²) in [6, 6.07) is 4.73. The minimum absolute atomic E-state index is 0.121. The van der Waals surface area contributed by atoms with Gasteiger partial charge in [0.25, 0.3) is 0 Å². The molecule has 1 rings (SSSR count). The molecule has 2 nitrogen and oxygen atoms in total. The van der Waals surface area contributed by atoms with Gasteiger partial charge in [-0.05, 0) is 36.6 Å². The van der Waals surface area contributed by atoms with Crippen molar-refractivity contribution in [3.05, 3.63) is 29.6 Å². The number of hydrogen-bond acceptors (Lipinski definition) is 2. The standard InChI is InChI=1S/C13H20FNO/c1-4-15(8-10(2)3)13-6-11(9-16)5-12(14)7-13/h5-7,10,16H,4,8-9H2,1-3H3. The van der Waals surface area contributed by atoms with Crippen LogP contribution in [0.1, 0.15) is 26.3 Å². The summed E-state index contributed by atoms with van der Waals surface area (Å²) in [5, 5.41) is 9.04. The topological polar surface area (TPSA) is 23.5 Å². The third-order valence-corrected chi connectivity index (χ3v) is 2.46. The van der Waals surface area contributed by atoms with E-state index in [1.807, 2.05) is 13.0 Å². The molecule has 0 atom stereocenters. The monoisotopic (exact) mass is 225 g/mol. The zero-order valence-electron chi connectivity index (χ0n) is 10.2. The molecule has 0 spiro atoms. The van der Waals surface area contributed by atoms with Gasteiger partial charge in [0, 0.05) is 18.8 Å². The third kappa shape index (κ3) is 3.49. The van der Waals surface area contributed by atoms with Crippen LogP contribution < -0.4 is 4.90 Å². The lowest BCUT2D eigenvalue weighted by Gasteiger charge is -2.25. The van der Waals surface area contributed by atoms with Gasteiger partial charge in [0.05, 0.1) is 6.61 Å². The van der Waals surface area contributed by atoms with Crippen LogP contribution in [0.5, 0.6) is 0 Å². The maximum atomic E-state index is 13.3. The van der Waals surface area contributed by atoms with Crippen LogP contribution >= 0.6 is 0 Å². The maximum absolute atomic E-state index is 13.3. The molecule has 3 heteroatoms. The predicted octanol–water partition coefficient (Wildman–Crippen LogP) is 2.80. The number of hydrogen-bond donors (Lipinski definition) is 1. The van der Waals surface area contributed by atoms with E-state index in [9.17, 15) is 4.39 Å². The summed E-state index contributed by atoms with van der Waals surface area (Å²) in [5.41, 5.74) is 1.47. The van der Waals surface area contributed by atoms with Crippen molar-refractivity contribution in [1.82, 2.24) is 0 Å². The largest absolute Gasteiger partial charge is 0.392 e. The molecule has 0 bridgehead atoms. The molecule has 0 saturated heterocycles. The molecule has 0 radical (unpaired) electrons. The first kappa shape index (κ1) is 13.0. The number of aliphatic hydroxyl groups is 1. The summed E-state index contributed by atoms with van der Waals surface area (Å²) < 4.78 is 13.3. The fraction of sp³-hybridized carbons (Fsp3) is 0.538. The molecule has 0 unspecified atom stereocenters. The number of rotatable bonds is 5. The van der Waals surface area contributed by atoms with Crippen LogP contribution in [0, 0.1) is 11.7 Å². The first-order valence-corrected chi connectivity index (χ1v) is 5.72. The number of nitrogens with zero attached hydrogens (tertiary/aromatic N) is 1. The molecule has 0 amide bonds. The molecule has 1 aromatic carbocycles. The predicted molar refractivity (Wildman–Crippen MR) is 65.0 cm³/mol. The SMILES string of the molecule is CCN(CC(C)C)c1cc(F)cc(CO)c1. The van der Waals surface area contributed by atoms with E-state index in [1.165, 1.54) is 12.1 Å². The zero-order chi connectivity index (χ0) is 12.1. The first-order valence-electron chi connectivity index (χ1n) is 5.72. The first-order chi connectivity index (χ1) is 7.56. The average molecular weight is 225 g/mol. The van der Waals surface area contributed by atoms with Crippen molar-refractivity contribution < 1.29 is 9.50 Å². The van der Waals surface area contributed by atoms with Crippen LogP contribution in [0.2, 0.25) is 0 Å². The Hall–Kier alpha value is -1.09. The number of anilines is 1. The highest BCUT2D eigenvalue weighted by atomic mass is 19.1. The molecule has 1 aromatic rings. The molecule has 1 N–H and O–H groups in total. The highest BCUT2D eigenvalue weighted by molar-refractivity contribution is 5.49. The Kier molecular flexibility index (Phi) is 4.74. The molecule has 90 valence electrons. The van der Waals surface area contributed by atoms with E-state index in [4.69, 9.17) is 5.11 Å². The highest BCUT2D eigenvalue weighted by Gasteiger charge is 2.08. The van der Waals surface area contributed by atoms with Crippen molar-refractivity contribution in [3.63, 3.8) is 0 Å². The van der Waals surface area contributed by atoms with Crippen molar-refractivity contribution in [3.8, 4) is 0 Å². The fourth-order valence-electron chi connectivity index (χ4n) is 1.77. The molecule has 0 aliphatic rings. The van der Waals surface area contributed by atoms with Gasteiger partial charge in [0.2, 0.25) is 0 Å². The Balaban J connectivity index is 2.95. The van der Waals surface area contributed by atoms with Crippen LogP contribution in [0.25, 0.3) is 0 Å². The van der Waals surface area contributed by atoms with Gasteiger partial charge in [0.15, 0.2) is 0 Å². The Morgan fingerprint density at radius 3 is 2.50 bits per heavy atom. The van der Waals surface area contributed by atoms with Crippen molar-refractivity contribution >= 4 is 5.69 Å². The van der Waals surface area contributed by atoms with E-state index in [1.54, 1.807) is 0 Å². The van der Waals surface area contributed by atoms with Gasteiger partial charge in [0.1, 0.15) is 5.82 Å². The number of aliphatic hydroxyl groups excluding tert-OH is 1. The molecule has 16 heavy (non-hydrogen) atoms. The van der Waals surface area contributed by atoms with Gasteiger partial charge in [-0.15, -0.1) is 0 Å². The van der Waals surface area contributed by atoms with Gasteiger partial charge < -0.3 is 10.0 Å². The van der Waals surface area contributed by atoms with Crippen molar-refractivity contribution in [2.24, 2.45) is 5.92 Å². The summed E-state index contributed by atoms with van der Waals surface area (Å²) in [5.74, 6) is 0.240. The number of benzene rings is 1. The third-order valence-electron chi connectivity index (χ3n) is 2.46. The zero-order valence-corrected chi connectivity index (χ0v) is 10.2. The Labute approximate surface area is 96.7 Å². The van der Waals surface area contributed by atoms with E-state index in [2.05, 4.69) is 18.7 Å². The van der Waals surface area contributed by atoms with E-state index in [-0.39, 0.29) is 12.4 Å². The van der Waals surface area contributed by atoms with Crippen LogP contribution in [0.4, 0.5) is 10.1 Å². The second kappa shape index (κ2) is 5.85. The maximum Gasteiger partial charge on any atom is 0.125 e. The Morgan fingerprint density at radius 2 is 2.00 bits per heavy atom.